The van der Waals surface area contributed by atoms with Gasteiger partial charge in [0.15, 0.2) is 0 Å². The Balaban J connectivity index is 0. The van der Waals surface area contributed by atoms with Crippen molar-refractivity contribution in [1.29, 1.82) is 0 Å². The first-order chi connectivity index (χ1) is 3.06. The molecule has 0 amide bonds. The van der Waals surface area contributed by atoms with Crippen LogP contribution >= 0.6 is 7.60 Å². The molecule has 0 saturated heterocycles. The van der Waals surface area contributed by atoms with Crippen molar-refractivity contribution in [2.45, 2.75) is 6.92 Å². The van der Waals surface area contributed by atoms with Crippen molar-refractivity contribution in [2.24, 2.45) is 0 Å². The van der Waals surface area contributed by atoms with Crippen molar-refractivity contribution in [3.05, 3.63) is 0 Å². The summed E-state index contributed by atoms with van der Waals surface area (Å²) in [6, 6.07) is 0. The van der Waals surface area contributed by atoms with Crippen LogP contribution in [0.1, 0.15) is 6.92 Å². The zero-order valence-electron chi connectivity index (χ0n) is 4.75. The van der Waals surface area contributed by atoms with Crippen molar-refractivity contribution in [3.63, 3.8) is 0 Å². The van der Waals surface area contributed by atoms with E-state index in [1.807, 2.05) is 0 Å². The van der Waals surface area contributed by atoms with Crippen LogP contribution in [0.2, 0.25) is 0 Å². The Labute approximate surface area is 59.2 Å². The van der Waals surface area contributed by atoms with Gasteiger partial charge in [0.2, 0.25) is 0 Å². The van der Waals surface area contributed by atoms with Gasteiger partial charge in [0, 0.05) is 23.4 Å². The fraction of sp³-hybridized carbons (Fsp3) is 1.00. The van der Waals surface area contributed by atoms with Crippen molar-refractivity contribution < 1.29 is 30.8 Å². The molecule has 0 spiro atoms. The van der Waals surface area contributed by atoms with Crippen LogP contribution in [0, 0.1) is 0 Å². The number of hydrogen-bond acceptors (Lipinski definition) is 2. The van der Waals surface area contributed by atoms with Crippen LogP contribution in [0.15, 0.2) is 0 Å². The molecule has 5 heteroatoms. The number of rotatable bonds is 2. The second-order valence-electron chi connectivity index (χ2n) is 1.22. The summed E-state index contributed by atoms with van der Waals surface area (Å²) >= 11 is 0. The van der Waals surface area contributed by atoms with Crippen LogP contribution in [-0.4, -0.2) is 18.2 Å². The van der Waals surface area contributed by atoms with E-state index in [2.05, 4.69) is 4.52 Å². The molecule has 0 aliphatic heterocycles. The molecule has 0 aromatic carbocycles. The largest absolute Gasteiger partial charge is 0.325 e. The predicted octanol–water partition coefficient (Wildman–Crippen LogP) is 0.836. The maximum Gasteiger partial charge on any atom is 0.325 e. The molecule has 1 radical (unpaired) electrons. The third-order valence-corrected chi connectivity index (χ3v) is 1.11. The Morgan fingerprint density at radius 1 is 1.75 bits per heavy atom. The van der Waals surface area contributed by atoms with Crippen molar-refractivity contribution in [2.75, 3.05) is 13.3 Å². The minimum absolute atomic E-state index is 0. The maximum absolute atomic E-state index is 10.1. The van der Waals surface area contributed by atoms with Crippen molar-refractivity contribution in [1.82, 2.24) is 0 Å². The van der Waals surface area contributed by atoms with Crippen LogP contribution < -0.4 is 0 Å². The molecule has 0 aliphatic rings. The minimum atomic E-state index is -3.17. The molecule has 0 bridgehead atoms. The van der Waals surface area contributed by atoms with Crippen LogP contribution in [-0.2, 0) is 25.9 Å². The average Bonchev–Trinajstić information content (AvgIpc) is 1.30. The molecule has 1 unspecified atom stereocenters. The van der Waals surface area contributed by atoms with E-state index in [4.69, 9.17) is 4.89 Å². The first-order valence-corrected chi connectivity index (χ1v) is 4.03. The summed E-state index contributed by atoms with van der Waals surface area (Å²) in [5, 5.41) is 0. The first-order valence-electron chi connectivity index (χ1n) is 2.01. The van der Waals surface area contributed by atoms with E-state index >= 15 is 0 Å². The average molecular weight is 183 g/mol. The molecule has 0 aromatic heterocycles. The Bertz CT molecular complexity index is 88.5. The summed E-state index contributed by atoms with van der Waals surface area (Å²) in [6.07, 6.45) is 0. The molecule has 0 heterocycles. The van der Waals surface area contributed by atoms with Gasteiger partial charge in [0.05, 0.1) is 6.61 Å². The maximum atomic E-state index is 10.1. The van der Waals surface area contributed by atoms with Crippen molar-refractivity contribution >= 4 is 7.60 Å². The smallest absolute Gasteiger partial charge is 0.324 e. The third kappa shape index (κ3) is 9.82. The summed E-state index contributed by atoms with van der Waals surface area (Å²) < 4.78 is 14.5. The quantitative estimate of drug-likeness (QED) is 0.645. The zero-order valence-corrected chi connectivity index (χ0v) is 6.69. The van der Waals surface area contributed by atoms with Gasteiger partial charge in [0.1, 0.15) is 0 Å². The van der Waals surface area contributed by atoms with Gasteiger partial charge < -0.3 is 9.42 Å². The Morgan fingerprint density at radius 2 is 2.12 bits per heavy atom. The topological polar surface area (TPSA) is 46.5 Å². The summed E-state index contributed by atoms with van der Waals surface area (Å²) in [5.41, 5.74) is 0. The minimum Gasteiger partial charge on any atom is -0.324 e. The van der Waals surface area contributed by atoms with E-state index in [9.17, 15) is 4.57 Å². The van der Waals surface area contributed by atoms with Crippen LogP contribution in [0.4, 0.5) is 0 Å². The van der Waals surface area contributed by atoms with E-state index < -0.39 is 7.60 Å². The molecular weight excluding hydrogens is 174 g/mol. The van der Waals surface area contributed by atoms with Gasteiger partial charge in [-0.1, -0.05) is 0 Å². The molecule has 0 rings (SSSR count). The van der Waals surface area contributed by atoms with Gasteiger partial charge in [-0.3, -0.25) is 4.57 Å². The van der Waals surface area contributed by atoms with Crippen LogP contribution in [0.3, 0.4) is 0 Å². The molecule has 53 valence electrons. The van der Waals surface area contributed by atoms with Gasteiger partial charge in [-0.2, -0.15) is 0 Å². The van der Waals surface area contributed by atoms with Gasteiger partial charge in [-0.05, 0) is 6.92 Å². The summed E-state index contributed by atoms with van der Waals surface area (Å²) in [7, 11) is -3.17. The summed E-state index contributed by atoms with van der Waals surface area (Å²) in [6.45, 7) is 3.13. The van der Waals surface area contributed by atoms with Crippen LogP contribution in [0.5, 0.6) is 0 Å². The summed E-state index contributed by atoms with van der Waals surface area (Å²) in [5.74, 6) is 0. The van der Waals surface area contributed by atoms with E-state index in [1.165, 1.54) is 0 Å². The van der Waals surface area contributed by atoms with Crippen LogP contribution in [0.25, 0.3) is 0 Å². The zero-order chi connectivity index (χ0) is 5.91. The normalized spacial score (nSPS) is 16.4. The molecule has 3 nitrogen and oxygen atoms in total. The molecule has 1 atom stereocenters. The number of hydrogen-bond donors (Lipinski definition) is 1. The molecule has 0 aliphatic carbocycles. The molecule has 1 N–H and O–H groups in total. The van der Waals surface area contributed by atoms with E-state index in [-0.39, 0.29) is 16.8 Å². The Kier molecular flexibility index (Phi) is 6.48. The molecule has 0 saturated carbocycles. The Hall–Kier alpha value is 0.656. The monoisotopic (exact) mass is 183 g/mol. The van der Waals surface area contributed by atoms with Gasteiger partial charge >= 0.3 is 7.60 Å². The van der Waals surface area contributed by atoms with Gasteiger partial charge in [-0.15, -0.1) is 0 Å². The SMILES string of the molecule is CCOP(C)(=O)O.[Co]. The standard InChI is InChI=1S/C3H9O3P.Co/c1-3-6-7(2,4)5;/h3H2,1-2H3,(H,4,5);. The fourth-order valence-electron chi connectivity index (χ4n) is 0.240. The molecule has 8 heavy (non-hydrogen) atoms. The second kappa shape index (κ2) is 4.53. The van der Waals surface area contributed by atoms with Gasteiger partial charge in [0.25, 0.3) is 0 Å². The first kappa shape index (κ1) is 11.5. The van der Waals surface area contributed by atoms with E-state index in [1.54, 1.807) is 6.92 Å². The van der Waals surface area contributed by atoms with E-state index in [0.29, 0.717) is 6.61 Å². The summed E-state index contributed by atoms with van der Waals surface area (Å²) in [4.78, 5) is 8.35. The Morgan fingerprint density at radius 3 is 2.12 bits per heavy atom. The van der Waals surface area contributed by atoms with E-state index in [0.717, 1.165) is 6.66 Å². The third-order valence-electron chi connectivity index (χ3n) is 0.369. The predicted molar refractivity (Wildman–Crippen MR) is 27.4 cm³/mol. The fourth-order valence-corrected chi connectivity index (χ4v) is 0.719. The second-order valence-corrected chi connectivity index (χ2v) is 3.08. The molecule has 0 aromatic rings. The molecule has 0 fully saturated rings. The van der Waals surface area contributed by atoms with Crippen molar-refractivity contribution in [3.8, 4) is 0 Å². The van der Waals surface area contributed by atoms with Gasteiger partial charge in [-0.25, -0.2) is 0 Å². The molecular formula is C3H9CoO3P.